The molecule has 0 saturated heterocycles. The Labute approximate surface area is 169 Å². The molecule has 0 heterocycles. The number of hydrogen-bond acceptors (Lipinski definition) is 7. The highest BCUT2D eigenvalue weighted by molar-refractivity contribution is 7.89. The first-order chi connectivity index (χ1) is 13.8. The number of hydrazone groups is 1. The largest absolute Gasteiger partial charge is 0.497 e. The van der Waals surface area contributed by atoms with Crippen molar-refractivity contribution in [3.8, 4) is 17.2 Å². The Hall–Kier alpha value is -3.11. The zero-order chi connectivity index (χ0) is 21.4. The molecule has 0 saturated carbocycles. The van der Waals surface area contributed by atoms with Gasteiger partial charge in [-0.25, -0.2) is 13.8 Å². The maximum Gasteiger partial charge on any atom is 0.255 e. The van der Waals surface area contributed by atoms with Gasteiger partial charge in [-0.15, -0.1) is 0 Å². The molecule has 2 aromatic rings. The summed E-state index contributed by atoms with van der Waals surface area (Å²) in [6, 6.07) is 11.2. The number of nitrogens with one attached hydrogen (secondary N) is 1. The molecule has 1 amide bonds. The minimum atomic E-state index is -3.91. The van der Waals surface area contributed by atoms with Gasteiger partial charge in [0.25, 0.3) is 5.91 Å². The normalized spacial score (nSPS) is 11.5. The number of ether oxygens (including phenoxy) is 3. The van der Waals surface area contributed by atoms with Gasteiger partial charge in [0.1, 0.15) is 5.75 Å². The van der Waals surface area contributed by atoms with Gasteiger partial charge in [0.15, 0.2) is 11.5 Å². The summed E-state index contributed by atoms with van der Waals surface area (Å²) in [4.78, 5) is 12.0. The van der Waals surface area contributed by atoms with Gasteiger partial charge in [-0.3, -0.25) is 4.79 Å². The van der Waals surface area contributed by atoms with Crippen molar-refractivity contribution in [1.82, 2.24) is 9.73 Å². The second-order valence-corrected chi connectivity index (χ2v) is 7.89. The molecule has 0 aliphatic rings. The Morgan fingerprint density at radius 2 is 1.69 bits per heavy atom. The van der Waals surface area contributed by atoms with E-state index in [1.54, 1.807) is 31.4 Å². The van der Waals surface area contributed by atoms with Crippen molar-refractivity contribution in [2.45, 2.75) is 4.90 Å². The number of nitrogens with zero attached hydrogens (tertiary/aromatic N) is 2. The van der Waals surface area contributed by atoms with Crippen LogP contribution in [0, 0.1) is 0 Å². The van der Waals surface area contributed by atoms with Crippen LogP contribution in [0.15, 0.2) is 52.5 Å². The van der Waals surface area contributed by atoms with Crippen LogP contribution in [0.2, 0.25) is 0 Å². The monoisotopic (exact) mass is 421 g/mol. The molecule has 2 aromatic carbocycles. The molecule has 156 valence electrons. The van der Waals surface area contributed by atoms with Crippen molar-refractivity contribution < 1.29 is 27.4 Å². The molecule has 29 heavy (non-hydrogen) atoms. The number of likely N-dealkylation sites (N-methyl/N-ethyl adjacent to an activating group) is 1. The molecule has 0 aliphatic heterocycles. The third-order valence-corrected chi connectivity index (χ3v) is 5.75. The van der Waals surface area contributed by atoms with E-state index in [0.29, 0.717) is 11.5 Å². The highest BCUT2D eigenvalue weighted by Crippen LogP contribution is 2.30. The zero-order valence-electron chi connectivity index (χ0n) is 16.6. The number of methoxy groups -OCH3 is 3. The van der Waals surface area contributed by atoms with E-state index in [1.807, 2.05) is 0 Å². The van der Waals surface area contributed by atoms with Gasteiger partial charge >= 0.3 is 0 Å². The van der Waals surface area contributed by atoms with E-state index >= 15 is 0 Å². The van der Waals surface area contributed by atoms with E-state index < -0.39 is 22.5 Å². The second kappa shape index (κ2) is 9.89. The molecule has 10 heteroatoms. The predicted octanol–water partition coefficient (Wildman–Crippen LogP) is 1.48. The third-order valence-electron chi connectivity index (χ3n) is 3.95. The lowest BCUT2D eigenvalue weighted by atomic mass is 10.2. The summed E-state index contributed by atoms with van der Waals surface area (Å²) in [7, 11) is 1.83. The first-order valence-electron chi connectivity index (χ1n) is 8.46. The second-order valence-electron chi connectivity index (χ2n) is 5.84. The van der Waals surface area contributed by atoms with Gasteiger partial charge in [0, 0.05) is 13.1 Å². The van der Waals surface area contributed by atoms with Crippen LogP contribution in [-0.4, -0.2) is 59.8 Å². The number of rotatable bonds is 9. The molecule has 1 N–H and O–H groups in total. The zero-order valence-corrected chi connectivity index (χ0v) is 17.4. The molecular weight excluding hydrogens is 398 g/mol. The molecule has 0 aromatic heterocycles. The van der Waals surface area contributed by atoms with Gasteiger partial charge in [0.05, 0.1) is 39.0 Å². The van der Waals surface area contributed by atoms with Crippen LogP contribution in [0.5, 0.6) is 17.2 Å². The smallest absolute Gasteiger partial charge is 0.255 e. The summed E-state index contributed by atoms with van der Waals surface area (Å²) >= 11 is 0. The molecule has 0 bridgehead atoms. The van der Waals surface area contributed by atoms with Crippen molar-refractivity contribution in [3.05, 3.63) is 48.0 Å². The summed E-state index contributed by atoms with van der Waals surface area (Å²) in [6.45, 7) is -0.406. The molecule has 9 nitrogen and oxygen atoms in total. The van der Waals surface area contributed by atoms with Crippen LogP contribution in [0.3, 0.4) is 0 Å². The number of hydrogen-bond donors (Lipinski definition) is 1. The Bertz CT molecular complexity index is 974. The topological polar surface area (TPSA) is 107 Å². The fraction of sp³-hybridized carbons (Fsp3) is 0.263. The molecule has 0 radical (unpaired) electrons. The van der Waals surface area contributed by atoms with Crippen molar-refractivity contribution >= 4 is 22.1 Å². The summed E-state index contributed by atoms with van der Waals surface area (Å²) < 4.78 is 41.6. The minimum absolute atomic E-state index is 0.0211. The highest BCUT2D eigenvalue weighted by atomic mass is 32.2. The van der Waals surface area contributed by atoms with Crippen molar-refractivity contribution in [3.63, 3.8) is 0 Å². The number of benzene rings is 2. The molecular formula is C19H23N3O6S. The summed E-state index contributed by atoms with van der Waals surface area (Å²) in [5, 5.41) is 3.83. The summed E-state index contributed by atoms with van der Waals surface area (Å²) in [6.07, 6.45) is 1.44. The summed E-state index contributed by atoms with van der Waals surface area (Å²) in [5.74, 6) is 0.796. The Kier molecular flexibility index (Phi) is 7.57. The van der Waals surface area contributed by atoms with Crippen LogP contribution >= 0.6 is 0 Å². The van der Waals surface area contributed by atoms with Crippen LogP contribution in [0.1, 0.15) is 5.56 Å². The van der Waals surface area contributed by atoms with E-state index in [4.69, 9.17) is 14.2 Å². The van der Waals surface area contributed by atoms with Crippen LogP contribution in [-0.2, 0) is 14.8 Å². The van der Waals surface area contributed by atoms with Crippen molar-refractivity contribution in [2.24, 2.45) is 5.10 Å². The fourth-order valence-corrected chi connectivity index (χ4v) is 3.49. The van der Waals surface area contributed by atoms with E-state index in [-0.39, 0.29) is 10.6 Å². The predicted molar refractivity (Wildman–Crippen MR) is 108 cm³/mol. The first-order valence-corrected chi connectivity index (χ1v) is 9.90. The first kappa shape index (κ1) is 22.2. The average Bonchev–Trinajstić information content (AvgIpc) is 2.73. The summed E-state index contributed by atoms with van der Waals surface area (Å²) in [5.41, 5.74) is 3.05. The van der Waals surface area contributed by atoms with E-state index in [2.05, 4.69) is 10.5 Å². The number of carbonyl (C=O) groups is 1. The van der Waals surface area contributed by atoms with Gasteiger partial charge < -0.3 is 14.2 Å². The molecule has 0 unspecified atom stereocenters. The van der Waals surface area contributed by atoms with Gasteiger partial charge in [-0.05, 0) is 42.0 Å². The average molecular weight is 421 g/mol. The number of sulfonamides is 1. The molecule has 0 atom stereocenters. The number of carbonyl (C=O) groups excluding carboxylic acids is 1. The van der Waals surface area contributed by atoms with E-state index in [0.717, 1.165) is 9.87 Å². The lowest BCUT2D eigenvalue weighted by molar-refractivity contribution is -0.121. The standard InChI is InChI=1S/C19H23N3O6S/c1-22(29(24,25)16-9-10-17(27-3)18(11-16)28-4)13-19(23)21-20-12-14-5-7-15(26-2)8-6-14/h5-12H,13H2,1-4H3,(H,21,23)/b20-12-. The maximum atomic E-state index is 12.7. The Balaban J connectivity index is 2.01. The van der Waals surface area contributed by atoms with Crippen LogP contribution in [0.4, 0.5) is 0 Å². The van der Waals surface area contributed by atoms with Crippen molar-refractivity contribution in [1.29, 1.82) is 0 Å². The third kappa shape index (κ3) is 5.69. The Morgan fingerprint density at radius 1 is 1.03 bits per heavy atom. The molecule has 0 fully saturated rings. The molecule has 2 rings (SSSR count). The molecule has 0 aliphatic carbocycles. The van der Waals surface area contributed by atoms with E-state index in [9.17, 15) is 13.2 Å². The highest BCUT2D eigenvalue weighted by Gasteiger charge is 2.24. The Morgan fingerprint density at radius 3 is 2.28 bits per heavy atom. The van der Waals surface area contributed by atoms with E-state index in [1.165, 1.54) is 45.7 Å². The quantitative estimate of drug-likeness (QED) is 0.486. The lowest BCUT2D eigenvalue weighted by Crippen LogP contribution is -2.36. The van der Waals surface area contributed by atoms with Gasteiger partial charge in [0.2, 0.25) is 10.0 Å². The van der Waals surface area contributed by atoms with Gasteiger partial charge in [-0.1, -0.05) is 0 Å². The molecule has 0 spiro atoms. The minimum Gasteiger partial charge on any atom is -0.497 e. The lowest BCUT2D eigenvalue weighted by Gasteiger charge is -2.17. The van der Waals surface area contributed by atoms with Crippen LogP contribution < -0.4 is 19.6 Å². The van der Waals surface area contributed by atoms with Crippen LogP contribution in [0.25, 0.3) is 0 Å². The SMILES string of the molecule is COc1ccc(/C=N\NC(=O)CN(C)S(=O)(=O)c2ccc(OC)c(OC)c2)cc1. The maximum absolute atomic E-state index is 12.7. The van der Waals surface area contributed by atoms with Gasteiger partial charge in [-0.2, -0.15) is 9.41 Å². The fourth-order valence-electron chi connectivity index (χ4n) is 2.35. The number of amides is 1. The van der Waals surface area contributed by atoms with Crippen molar-refractivity contribution in [2.75, 3.05) is 34.9 Å².